The Morgan fingerprint density at radius 1 is 0.489 bits per heavy atom. The van der Waals surface area contributed by atoms with Crippen LogP contribution in [0.15, 0.2) is 65.1 Å². The molecule has 0 spiro atoms. The number of aromatic hydroxyl groups is 2. The molecule has 0 bridgehead atoms. The van der Waals surface area contributed by atoms with Crippen molar-refractivity contribution in [2.45, 2.75) is 89.9 Å². The number of phenolic OH excluding ortho intramolecular Hbond substituents is 2. The zero-order valence-electron chi connectivity index (χ0n) is 26.1. The van der Waals surface area contributed by atoms with Crippen molar-refractivity contribution in [2.24, 2.45) is 0 Å². The molecule has 45 heavy (non-hydrogen) atoms. The third kappa shape index (κ3) is 10.9. The van der Waals surface area contributed by atoms with Gasteiger partial charge >= 0.3 is 0 Å². The molecule has 8 heteroatoms. The molecule has 240 valence electrons. The van der Waals surface area contributed by atoms with Gasteiger partial charge in [0.1, 0.15) is 11.5 Å². The van der Waals surface area contributed by atoms with Gasteiger partial charge in [0.15, 0.2) is 17.5 Å². The molecule has 0 atom stereocenters. The number of benzene rings is 3. The van der Waals surface area contributed by atoms with Crippen molar-refractivity contribution in [3.8, 4) is 45.7 Å². The van der Waals surface area contributed by atoms with Crippen molar-refractivity contribution in [2.75, 3.05) is 13.2 Å². The van der Waals surface area contributed by atoms with Crippen molar-refractivity contribution < 1.29 is 20.4 Å². The van der Waals surface area contributed by atoms with Gasteiger partial charge in [0.05, 0.1) is 5.56 Å². The number of rotatable bonds is 19. The number of phenols is 2. The van der Waals surface area contributed by atoms with E-state index >= 15 is 0 Å². The molecule has 1 aromatic heterocycles. The number of aromatic nitrogens is 3. The van der Waals surface area contributed by atoms with Crippen LogP contribution in [0.1, 0.15) is 88.2 Å². The lowest BCUT2D eigenvalue weighted by Gasteiger charge is -2.12. The Labute approximate surface area is 275 Å². The van der Waals surface area contributed by atoms with Crippen LogP contribution < -0.4 is 0 Å². The Morgan fingerprint density at radius 2 is 0.889 bits per heavy atom. The molecule has 0 fully saturated rings. The van der Waals surface area contributed by atoms with Crippen LogP contribution in [0.3, 0.4) is 0 Å². The second kappa shape index (κ2) is 18.6. The van der Waals surface area contributed by atoms with Gasteiger partial charge in [0, 0.05) is 34.9 Å². The van der Waals surface area contributed by atoms with Gasteiger partial charge in [-0.3, -0.25) is 0 Å². The van der Waals surface area contributed by atoms with Gasteiger partial charge in [-0.15, -0.1) is 0 Å². The highest BCUT2D eigenvalue weighted by Gasteiger charge is 2.18. The van der Waals surface area contributed by atoms with Gasteiger partial charge in [-0.2, -0.15) is 0 Å². The summed E-state index contributed by atoms with van der Waals surface area (Å²) in [6.45, 7) is 0.564. The van der Waals surface area contributed by atoms with Crippen molar-refractivity contribution in [3.05, 3.63) is 76.3 Å². The van der Waals surface area contributed by atoms with E-state index in [1.165, 1.54) is 61.8 Å². The Hall–Kier alpha value is -3.33. The molecular formula is C37H46BrN3O4. The Kier molecular flexibility index (Phi) is 14.3. The number of unbranched alkanes of at least 4 members (excludes halogenated alkanes) is 10. The van der Waals surface area contributed by atoms with Gasteiger partial charge in [0.25, 0.3) is 0 Å². The largest absolute Gasteiger partial charge is 0.508 e. The van der Waals surface area contributed by atoms with Crippen molar-refractivity contribution in [1.29, 1.82) is 0 Å². The molecule has 3 aromatic carbocycles. The molecular weight excluding hydrogens is 630 g/mol. The molecule has 4 N–H and O–H groups in total. The third-order valence-corrected chi connectivity index (χ3v) is 8.71. The Morgan fingerprint density at radius 3 is 1.31 bits per heavy atom. The molecule has 0 unspecified atom stereocenters. The van der Waals surface area contributed by atoms with Gasteiger partial charge in [-0.1, -0.05) is 99.9 Å². The quantitative estimate of drug-likeness (QED) is 0.0733. The average Bonchev–Trinajstić information content (AvgIpc) is 3.04. The molecule has 0 amide bonds. The second-order valence-electron chi connectivity index (χ2n) is 11.7. The maximum atomic E-state index is 10.7. The smallest absolute Gasteiger partial charge is 0.168 e. The van der Waals surface area contributed by atoms with Gasteiger partial charge in [-0.25, -0.2) is 15.0 Å². The van der Waals surface area contributed by atoms with Gasteiger partial charge in [0.2, 0.25) is 0 Å². The number of nitrogens with zero attached hydrogens (tertiary/aromatic N) is 3. The SMILES string of the molecule is OCCCCCCCCc1ccc(-c2nc(-c3ccc(CCCCCCCCO)cc3)nc(-c3c(O)cc(O)cc3Br)n2)cc1. The van der Waals surface area contributed by atoms with E-state index in [9.17, 15) is 10.2 Å². The number of hydrogen-bond acceptors (Lipinski definition) is 7. The number of hydrogen-bond donors (Lipinski definition) is 4. The zero-order chi connectivity index (χ0) is 31.9. The van der Waals surface area contributed by atoms with E-state index in [0.29, 0.717) is 27.5 Å². The molecule has 1 heterocycles. The summed E-state index contributed by atoms with van der Waals surface area (Å²) in [6.07, 6.45) is 15.4. The molecule has 7 nitrogen and oxygen atoms in total. The number of aliphatic hydroxyl groups excluding tert-OH is 2. The van der Waals surface area contributed by atoms with Gasteiger partial charge in [-0.05, 0) is 71.6 Å². The van der Waals surface area contributed by atoms with Crippen LogP contribution in [0.4, 0.5) is 0 Å². The van der Waals surface area contributed by atoms with Crippen molar-refractivity contribution in [3.63, 3.8) is 0 Å². The van der Waals surface area contributed by atoms with Crippen LogP contribution >= 0.6 is 15.9 Å². The van der Waals surface area contributed by atoms with E-state index in [-0.39, 0.29) is 24.7 Å². The van der Waals surface area contributed by atoms with Gasteiger partial charge < -0.3 is 20.4 Å². The summed E-state index contributed by atoms with van der Waals surface area (Å²) in [4.78, 5) is 14.4. The second-order valence-corrected chi connectivity index (χ2v) is 12.6. The highest BCUT2D eigenvalue weighted by Crippen LogP contribution is 2.38. The molecule has 0 saturated heterocycles. The normalized spacial score (nSPS) is 11.3. The van der Waals surface area contributed by atoms with Crippen LogP contribution in [-0.4, -0.2) is 48.6 Å². The molecule has 0 saturated carbocycles. The minimum atomic E-state index is -0.122. The molecule has 0 aliphatic heterocycles. The minimum Gasteiger partial charge on any atom is -0.508 e. The summed E-state index contributed by atoms with van der Waals surface area (Å²) < 4.78 is 0.488. The zero-order valence-corrected chi connectivity index (χ0v) is 27.7. The summed E-state index contributed by atoms with van der Waals surface area (Å²) >= 11 is 3.47. The lowest BCUT2D eigenvalue weighted by molar-refractivity contribution is 0.282. The predicted molar refractivity (Wildman–Crippen MR) is 184 cm³/mol. The van der Waals surface area contributed by atoms with Crippen LogP contribution in [0, 0.1) is 0 Å². The topological polar surface area (TPSA) is 120 Å². The maximum Gasteiger partial charge on any atom is 0.168 e. The van der Waals surface area contributed by atoms with E-state index in [1.807, 2.05) is 24.3 Å². The third-order valence-electron chi connectivity index (χ3n) is 8.08. The molecule has 4 rings (SSSR count). The number of halogens is 1. The summed E-state index contributed by atoms with van der Waals surface area (Å²) in [5.41, 5.74) is 4.64. The fraction of sp³-hybridized carbons (Fsp3) is 0.432. The lowest BCUT2D eigenvalue weighted by atomic mass is 10.0. The van der Waals surface area contributed by atoms with Crippen LogP contribution in [0.2, 0.25) is 0 Å². The fourth-order valence-corrected chi connectivity index (χ4v) is 6.10. The molecule has 0 aliphatic rings. The van der Waals surface area contributed by atoms with E-state index in [0.717, 1.165) is 62.5 Å². The van der Waals surface area contributed by atoms with E-state index in [2.05, 4.69) is 40.2 Å². The van der Waals surface area contributed by atoms with Crippen LogP contribution in [-0.2, 0) is 12.8 Å². The Bertz CT molecular complexity index is 1360. The Balaban J connectivity index is 1.51. The average molecular weight is 677 g/mol. The van der Waals surface area contributed by atoms with Crippen LogP contribution in [0.5, 0.6) is 11.5 Å². The first-order chi connectivity index (χ1) is 22.0. The monoisotopic (exact) mass is 675 g/mol. The summed E-state index contributed by atoms with van der Waals surface area (Å²) in [5, 5.41) is 38.6. The summed E-state index contributed by atoms with van der Waals surface area (Å²) in [5.74, 6) is 1.16. The molecule has 4 aromatic rings. The summed E-state index contributed by atoms with van der Waals surface area (Å²) in [6, 6.07) is 19.5. The fourth-order valence-electron chi connectivity index (χ4n) is 5.48. The lowest BCUT2D eigenvalue weighted by Crippen LogP contribution is -2.01. The van der Waals surface area contributed by atoms with Crippen molar-refractivity contribution in [1.82, 2.24) is 15.0 Å². The number of aliphatic hydroxyl groups is 2. The highest BCUT2D eigenvalue weighted by atomic mass is 79.9. The van der Waals surface area contributed by atoms with E-state index in [1.54, 1.807) is 0 Å². The minimum absolute atomic E-state index is 0.0564. The standard InChI is InChI=1S/C37H46BrN3O4/c38-32-25-31(44)26-33(45)34(32)37-40-35(29-19-15-27(16-20-29)13-9-5-1-3-7-11-23-42)39-36(41-37)30-21-17-28(18-22-30)14-10-6-2-4-8-12-24-43/h15-22,25-26,42-45H,1-14,23-24H2. The first-order valence-corrected chi connectivity index (χ1v) is 17.2. The van der Waals surface area contributed by atoms with E-state index < -0.39 is 0 Å². The number of aryl methyl sites for hydroxylation is 2. The van der Waals surface area contributed by atoms with E-state index in [4.69, 9.17) is 25.2 Å². The molecule has 0 radical (unpaired) electrons. The van der Waals surface area contributed by atoms with Crippen molar-refractivity contribution >= 4 is 15.9 Å². The summed E-state index contributed by atoms with van der Waals surface area (Å²) in [7, 11) is 0. The first-order valence-electron chi connectivity index (χ1n) is 16.4. The predicted octanol–water partition coefficient (Wildman–Crippen LogP) is 8.80. The first kappa shape index (κ1) is 34.5. The molecule has 0 aliphatic carbocycles. The highest BCUT2D eigenvalue weighted by molar-refractivity contribution is 9.10. The van der Waals surface area contributed by atoms with Crippen LogP contribution in [0.25, 0.3) is 34.2 Å². The maximum absolute atomic E-state index is 10.7.